The largest absolute Gasteiger partial charge is 0.374 e. The van der Waals surface area contributed by atoms with E-state index in [4.69, 9.17) is 17.0 Å². The maximum Gasteiger partial charge on any atom is 0.0746 e. The van der Waals surface area contributed by atoms with Crippen molar-refractivity contribution >= 4 is 0 Å². The van der Waals surface area contributed by atoms with Gasteiger partial charge >= 0.3 is 0 Å². The van der Waals surface area contributed by atoms with Gasteiger partial charge in [-0.2, -0.15) is 0 Å². The van der Waals surface area contributed by atoms with Gasteiger partial charge < -0.3 is 4.74 Å². The first-order valence-electron chi connectivity index (χ1n) is 4.83. The maximum absolute atomic E-state index is 5.70. The molecule has 1 fully saturated rings. The van der Waals surface area contributed by atoms with E-state index in [0.29, 0.717) is 6.10 Å². The van der Waals surface area contributed by atoms with Crippen molar-refractivity contribution in [1.29, 1.82) is 0 Å². The summed E-state index contributed by atoms with van der Waals surface area (Å²) in [6.45, 7) is 2.09. The highest BCUT2D eigenvalue weighted by molar-refractivity contribution is 4.89. The number of nitrogens with one attached hydrogen (secondary N) is 1. The average molecular weight is 182 g/mol. The Bertz CT molecular complexity index is 188. The van der Waals surface area contributed by atoms with Gasteiger partial charge in [0.05, 0.1) is 12.2 Å². The molecule has 1 rings (SSSR count). The summed E-state index contributed by atoms with van der Waals surface area (Å²) in [6.07, 6.45) is 9.66. The Morgan fingerprint density at radius 3 is 2.92 bits per heavy atom. The summed E-state index contributed by atoms with van der Waals surface area (Å²) in [5.41, 5.74) is 2.78. The first-order valence-corrected chi connectivity index (χ1v) is 4.83. The maximum atomic E-state index is 5.70. The van der Waals surface area contributed by atoms with E-state index >= 15 is 0 Å². The highest BCUT2D eigenvalue weighted by Gasteiger charge is 2.28. The molecule has 3 nitrogen and oxygen atoms in total. The predicted molar refractivity (Wildman–Crippen MR) is 52.7 cm³/mol. The number of hydrogen-bond acceptors (Lipinski definition) is 3. The second-order valence-electron chi connectivity index (χ2n) is 3.58. The highest BCUT2D eigenvalue weighted by atomic mass is 16.5. The van der Waals surface area contributed by atoms with Crippen molar-refractivity contribution in [3.63, 3.8) is 0 Å². The van der Waals surface area contributed by atoms with E-state index in [2.05, 4.69) is 18.3 Å². The molecule has 13 heavy (non-hydrogen) atoms. The third kappa shape index (κ3) is 3.00. The molecule has 74 valence electrons. The summed E-state index contributed by atoms with van der Waals surface area (Å²) in [5, 5.41) is 0. The van der Waals surface area contributed by atoms with Gasteiger partial charge in [0, 0.05) is 12.5 Å². The normalized spacial score (nSPS) is 29.9. The molecule has 3 heteroatoms. The standard InChI is InChI=1S/C10H18N2O/c1-3-4-5-9(12-11)10-7-6-8(2)13-10/h1,8-10,12H,4-7,11H2,2H3. The van der Waals surface area contributed by atoms with Crippen LogP contribution in [0.15, 0.2) is 0 Å². The molecule has 0 radical (unpaired) electrons. The summed E-state index contributed by atoms with van der Waals surface area (Å²) < 4.78 is 5.70. The van der Waals surface area contributed by atoms with Crippen LogP contribution in [-0.2, 0) is 4.74 Å². The summed E-state index contributed by atoms with van der Waals surface area (Å²) >= 11 is 0. The number of terminal acetylenes is 1. The van der Waals surface area contributed by atoms with Gasteiger partial charge in [0.1, 0.15) is 0 Å². The summed E-state index contributed by atoms with van der Waals surface area (Å²) in [5.74, 6) is 8.06. The molecule has 0 aromatic heterocycles. The summed E-state index contributed by atoms with van der Waals surface area (Å²) in [4.78, 5) is 0. The van der Waals surface area contributed by atoms with Crippen LogP contribution in [0.25, 0.3) is 0 Å². The predicted octanol–water partition coefficient (Wildman–Crippen LogP) is 0.799. The van der Waals surface area contributed by atoms with E-state index in [9.17, 15) is 0 Å². The molecule has 1 heterocycles. The first kappa shape index (κ1) is 10.5. The van der Waals surface area contributed by atoms with E-state index < -0.39 is 0 Å². The lowest BCUT2D eigenvalue weighted by molar-refractivity contribution is 0.0304. The van der Waals surface area contributed by atoms with Gasteiger partial charge in [-0.15, -0.1) is 12.3 Å². The fraction of sp³-hybridized carbons (Fsp3) is 0.800. The minimum Gasteiger partial charge on any atom is -0.374 e. The molecule has 3 N–H and O–H groups in total. The third-order valence-corrected chi connectivity index (χ3v) is 2.53. The molecule has 0 aromatic carbocycles. The Kier molecular flexibility index (Phi) is 4.23. The highest BCUT2D eigenvalue weighted by Crippen LogP contribution is 2.23. The zero-order valence-electron chi connectivity index (χ0n) is 8.12. The van der Waals surface area contributed by atoms with Crippen molar-refractivity contribution < 1.29 is 4.74 Å². The van der Waals surface area contributed by atoms with Crippen molar-refractivity contribution in [2.24, 2.45) is 5.84 Å². The van der Waals surface area contributed by atoms with Gasteiger partial charge in [-0.1, -0.05) is 0 Å². The van der Waals surface area contributed by atoms with Crippen LogP contribution in [0.5, 0.6) is 0 Å². The molecule has 1 aliphatic rings. The van der Waals surface area contributed by atoms with E-state index in [1.807, 2.05) is 0 Å². The second-order valence-corrected chi connectivity index (χ2v) is 3.58. The minimum absolute atomic E-state index is 0.209. The number of hydrazine groups is 1. The first-order chi connectivity index (χ1) is 6.27. The topological polar surface area (TPSA) is 47.3 Å². The van der Waals surface area contributed by atoms with Gasteiger partial charge in [0.2, 0.25) is 0 Å². The molecule has 1 saturated heterocycles. The zero-order valence-corrected chi connectivity index (χ0v) is 8.12. The Morgan fingerprint density at radius 1 is 1.69 bits per heavy atom. The van der Waals surface area contributed by atoms with Gasteiger partial charge in [-0.3, -0.25) is 11.3 Å². The lowest BCUT2D eigenvalue weighted by atomic mass is 10.0. The lowest BCUT2D eigenvalue weighted by Crippen LogP contribution is -2.43. The molecule has 0 aromatic rings. The molecule has 0 bridgehead atoms. The molecule has 0 spiro atoms. The van der Waals surface area contributed by atoms with Crippen LogP contribution in [0.3, 0.4) is 0 Å². The number of rotatable bonds is 4. The van der Waals surface area contributed by atoms with Crippen molar-refractivity contribution in [3.8, 4) is 12.3 Å². The van der Waals surface area contributed by atoms with Gasteiger partial charge in [-0.05, 0) is 26.2 Å². The van der Waals surface area contributed by atoms with E-state index in [1.165, 1.54) is 0 Å². The second kappa shape index (κ2) is 5.23. The fourth-order valence-corrected chi connectivity index (χ4v) is 1.74. The zero-order chi connectivity index (χ0) is 9.68. The number of nitrogens with two attached hydrogens (primary N) is 1. The van der Waals surface area contributed by atoms with Crippen molar-refractivity contribution in [1.82, 2.24) is 5.43 Å². The summed E-state index contributed by atoms with van der Waals surface area (Å²) in [7, 11) is 0. The van der Waals surface area contributed by atoms with E-state index in [0.717, 1.165) is 25.7 Å². The van der Waals surface area contributed by atoms with Crippen LogP contribution in [0.4, 0.5) is 0 Å². The number of ether oxygens (including phenoxy) is 1. The van der Waals surface area contributed by atoms with Crippen molar-refractivity contribution in [2.45, 2.75) is 50.9 Å². The quantitative estimate of drug-likeness (QED) is 0.384. The van der Waals surface area contributed by atoms with Crippen LogP contribution in [0, 0.1) is 12.3 Å². The van der Waals surface area contributed by atoms with Crippen LogP contribution in [-0.4, -0.2) is 18.2 Å². The van der Waals surface area contributed by atoms with Crippen LogP contribution < -0.4 is 11.3 Å². The Hall–Kier alpha value is -0.560. The molecule has 3 atom stereocenters. The van der Waals surface area contributed by atoms with Gasteiger partial charge in [0.15, 0.2) is 0 Å². The Balaban J connectivity index is 2.34. The van der Waals surface area contributed by atoms with Crippen molar-refractivity contribution in [3.05, 3.63) is 0 Å². The molecule has 0 saturated carbocycles. The Morgan fingerprint density at radius 2 is 2.46 bits per heavy atom. The van der Waals surface area contributed by atoms with Gasteiger partial charge in [0.25, 0.3) is 0 Å². The van der Waals surface area contributed by atoms with Crippen LogP contribution in [0.2, 0.25) is 0 Å². The SMILES string of the molecule is C#CCCC(NN)C1CCC(C)O1. The monoisotopic (exact) mass is 182 g/mol. The lowest BCUT2D eigenvalue weighted by Gasteiger charge is -2.21. The van der Waals surface area contributed by atoms with E-state index in [-0.39, 0.29) is 12.1 Å². The summed E-state index contributed by atoms with van der Waals surface area (Å²) in [6, 6.07) is 0.209. The van der Waals surface area contributed by atoms with Crippen LogP contribution >= 0.6 is 0 Å². The minimum atomic E-state index is 0.209. The van der Waals surface area contributed by atoms with Gasteiger partial charge in [-0.25, -0.2) is 0 Å². The Labute approximate surface area is 80.0 Å². The smallest absolute Gasteiger partial charge is 0.0746 e. The third-order valence-electron chi connectivity index (χ3n) is 2.53. The molecular weight excluding hydrogens is 164 g/mol. The molecule has 3 unspecified atom stereocenters. The fourth-order valence-electron chi connectivity index (χ4n) is 1.74. The number of hydrogen-bond donors (Lipinski definition) is 2. The van der Waals surface area contributed by atoms with E-state index in [1.54, 1.807) is 0 Å². The molecule has 0 amide bonds. The average Bonchev–Trinajstić information content (AvgIpc) is 2.54. The molecule has 0 aliphatic carbocycles. The molecule has 1 aliphatic heterocycles. The molecular formula is C10H18N2O. The van der Waals surface area contributed by atoms with Crippen LogP contribution in [0.1, 0.15) is 32.6 Å². The van der Waals surface area contributed by atoms with Crippen molar-refractivity contribution in [2.75, 3.05) is 0 Å².